The third-order valence-corrected chi connectivity index (χ3v) is 4.84. The van der Waals surface area contributed by atoms with E-state index in [2.05, 4.69) is 29.0 Å². The number of hydrogen-bond donors (Lipinski definition) is 1. The van der Waals surface area contributed by atoms with Crippen molar-refractivity contribution in [2.45, 2.75) is 33.1 Å². The van der Waals surface area contributed by atoms with Crippen LogP contribution in [0.2, 0.25) is 0 Å². The Labute approximate surface area is 131 Å². The normalized spacial score (nSPS) is 18.9. The number of thiophene rings is 1. The van der Waals surface area contributed by atoms with E-state index in [0.29, 0.717) is 5.92 Å². The lowest BCUT2D eigenvalue weighted by Gasteiger charge is -2.31. The molecule has 1 amide bonds. The van der Waals surface area contributed by atoms with Crippen molar-refractivity contribution in [3.05, 3.63) is 21.9 Å². The fourth-order valence-electron chi connectivity index (χ4n) is 2.68. The Morgan fingerprint density at radius 2 is 2.38 bits per heavy atom. The lowest BCUT2D eigenvalue weighted by atomic mass is 9.98. The second kappa shape index (κ2) is 8.21. The summed E-state index contributed by atoms with van der Waals surface area (Å²) in [5, 5.41) is 5.06. The molecule has 4 heteroatoms. The Balaban J connectivity index is 1.78. The average Bonchev–Trinajstić information content (AvgIpc) is 2.92. The molecule has 1 N–H and O–H groups in total. The molecule has 0 aromatic carbocycles. The first-order valence-corrected chi connectivity index (χ1v) is 8.59. The van der Waals surface area contributed by atoms with Crippen LogP contribution >= 0.6 is 11.3 Å². The number of nitrogens with one attached hydrogen (secondary N) is 1. The van der Waals surface area contributed by atoms with Gasteiger partial charge in [-0.2, -0.15) is 0 Å². The van der Waals surface area contributed by atoms with Crippen LogP contribution in [-0.4, -0.2) is 37.0 Å². The second-order valence-corrected chi connectivity index (χ2v) is 6.51. The highest BCUT2D eigenvalue weighted by Gasteiger charge is 2.20. The van der Waals surface area contributed by atoms with E-state index in [0.717, 1.165) is 43.0 Å². The van der Waals surface area contributed by atoms with Gasteiger partial charge < -0.3 is 5.32 Å². The first-order chi connectivity index (χ1) is 10.2. The van der Waals surface area contributed by atoms with E-state index in [1.807, 2.05) is 18.4 Å². The van der Waals surface area contributed by atoms with E-state index >= 15 is 0 Å². The van der Waals surface area contributed by atoms with Gasteiger partial charge in [-0.05, 0) is 49.2 Å². The van der Waals surface area contributed by atoms with Gasteiger partial charge in [0.15, 0.2) is 0 Å². The number of carbonyl (C=O) groups excluding carboxylic acids is 1. The van der Waals surface area contributed by atoms with Gasteiger partial charge in [-0.25, -0.2) is 0 Å². The zero-order valence-electron chi connectivity index (χ0n) is 12.9. The molecule has 0 aliphatic carbocycles. The minimum Gasteiger partial charge on any atom is -0.351 e. The van der Waals surface area contributed by atoms with Crippen LogP contribution in [0.25, 0.3) is 0 Å². The molecule has 0 spiro atoms. The third-order valence-electron chi connectivity index (χ3n) is 3.83. The molecule has 1 aromatic rings. The van der Waals surface area contributed by atoms with Crippen molar-refractivity contribution >= 4 is 17.2 Å². The number of nitrogens with zero attached hydrogens (tertiary/aromatic N) is 1. The number of carbonyl (C=O) groups is 1. The molecule has 1 aliphatic heterocycles. The molecule has 21 heavy (non-hydrogen) atoms. The van der Waals surface area contributed by atoms with E-state index in [9.17, 15) is 4.79 Å². The summed E-state index contributed by atoms with van der Waals surface area (Å²) in [7, 11) is 0. The van der Waals surface area contributed by atoms with E-state index in [-0.39, 0.29) is 5.91 Å². The molecule has 1 fully saturated rings. The largest absolute Gasteiger partial charge is 0.351 e. The smallest absolute Gasteiger partial charge is 0.261 e. The standard InChI is InChI=1S/C17H24N2OS/c1-3-4-5-9-19-10-6-7-15(13-19)12-18-17(20)16-14(2)8-11-21-16/h8,11,15H,3,6-7,9-10,12-13H2,1-2H3,(H,18,20). The summed E-state index contributed by atoms with van der Waals surface area (Å²) >= 11 is 1.52. The second-order valence-electron chi connectivity index (χ2n) is 5.59. The van der Waals surface area contributed by atoms with Gasteiger partial charge in [0.25, 0.3) is 5.91 Å². The van der Waals surface area contributed by atoms with Gasteiger partial charge in [0.1, 0.15) is 0 Å². The van der Waals surface area contributed by atoms with E-state index in [1.165, 1.54) is 24.2 Å². The molecule has 0 bridgehead atoms. The monoisotopic (exact) mass is 304 g/mol. The summed E-state index contributed by atoms with van der Waals surface area (Å²) in [6.45, 7) is 7.87. The molecule has 1 aromatic heterocycles. The number of rotatable bonds is 4. The molecule has 3 nitrogen and oxygen atoms in total. The molecular formula is C17H24N2OS. The van der Waals surface area contributed by atoms with Gasteiger partial charge >= 0.3 is 0 Å². The summed E-state index contributed by atoms with van der Waals surface area (Å²) in [5.41, 5.74) is 1.07. The van der Waals surface area contributed by atoms with Crippen LogP contribution in [0, 0.1) is 24.7 Å². The minimum atomic E-state index is 0.0744. The maximum atomic E-state index is 12.1. The van der Waals surface area contributed by atoms with Crippen molar-refractivity contribution in [2.24, 2.45) is 5.92 Å². The van der Waals surface area contributed by atoms with Gasteiger partial charge in [-0.1, -0.05) is 12.8 Å². The molecular weight excluding hydrogens is 280 g/mol. The summed E-state index contributed by atoms with van der Waals surface area (Å²) in [6, 6.07) is 1.99. The van der Waals surface area contributed by atoms with Gasteiger partial charge in [-0.3, -0.25) is 9.69 Å². The highest BCUT2D eigenvalue weighted by atomic mass is 32.1. The van der Waals surface area contributed by atoms with Crippen LogP contribution in [-0.2, 0) is 0 Å². The molecule has 1 saturated heterocycles. The quantitative estimate of drug-likeness (QED) is 0.868. The lowest BCUT2D eigenvalue weighted by Crippen LogP contribution is -2.41. The minimum absolute atomic E-state index is 0.0744. The van der Waals surface area contributed by atoms with E-state index < -0.39 is 0 Å². The number of amides is 1. The van der Waals surface area contributed by atoms with Crippen molar-refractivity contribution in [1.82, 2.24) is 10.2 Å². The fraction of sp³-hybridized carbons (Fsp3) is 0.588. The Kier molecular flexibility index (Phi) is 6.28. The molecule has 1 unspecified atom stereocenters. The predicted octanol–water partition coefficient (Wildman–Crippen LogP) is 2.91. The van der Waals surface area contributed by atoms with Crippen molar-refractivity contribution in [1.29, 1.82) is 0 Å². The van der Waals surface area contributed by atoms with Crippen LogP contribution in [0.4, 0.5) is 0 Å². The summed E-state index contributed by atoms with van der Waals surface area (Å²) in [6.07, 6.45) is 3.32. The first-order valence-electron chi connectivity index (χ1n) is 7.71. The van der Waals surface area contributed by atoms with Crippen molar-refractivity contribution in [3.63, 3.8) is 0 Å². The SMILES string of the molecule is CCC#CCN1CCCC(CNC(=O)c2sccc2C)C1. The van der Waals surface area contributed by atoms with Crippen LogP contribution in [0.15, 0.2) is 11.4 Å². The van der Waals surface area contributed by atoms with Crippen molar-refractivity contribution in [3.8, 4) is 11.8 Å². The van der Waals surface area contributed by atoms with Crippen LogP contribution < -0.4 is 5.32 Å². The molecule has 1 atom stereocenters. The fourth-order valence-corrected chi connectivity index (χ4v) is 3.52. The lowest BCUT2D eigenvalue weighted by molar-refractivity contribution is 0.0938. The third kappa shape index (κ3) is 4.87. The zero-order chi connectivity index (χ0) is 15.1. The van der Waals surface area contributed by atoms with Crippen molar-refractivity contribution in [2.75, 3.05) is 26.2 Å². The highest BCUT2D eigenvalue weighted by Crippen LogP contribution is 2.17. The Morgan fingerprint density at radius 3 is 3.10 bits per heavy atom. The van der Waals surface area contributed by atoms with Gasteiger partial charge in [0.05, 0.1) is 11.4 Å². The van der Waals surface area contributed by atoms with Gasteiger partial charge in [-0.15, -0.1) is 17.3 Å². The summed E-state index contributed by atoms with van der Waals surface area (Å²) in [5.74, 6) is 6.96. The number of piperidine rings is 1. The van der Waals surface area contributed by atoms with Gasteiger partial charge in [0.2, 0.25) is 0 Å². The maximum absolute atomic E-state index is 12.1. The van der Waals surface area contributed by atoms with Gasteiger partial charge in [0, 0.05) is 19.5 Å². The van der Waals surface area contributed by atoms with E-state index in [4.69, 9.17) is 0 Å². The maximum Gasteiger partial charge on any atom is 0.261 e. The number of likely N-dealkylation sites (tertiary alicyclic amines) is 1. The molecule has 114 valence electrons. The first kappa shape index (κ1) is 16.1. The summed E-state index contributed by atoms with van der Waals surface area (Å²) in [4.78, 5) is 15.4. The Morgan fingerprint density at radius 1 is 1.52 bits per heavy atom. The predicted molar refractivity (Wildman–Crippen MR) is 88.6 cm³/mol. The topological polar surface area (TPSA) is 32.3 Å². The van der Waals surface area contributed by atoms with E-state index in [1.54, 1.807) is 0 Å². The van der Waals surface area contributed by atoms with Crippen molar-refractivity contribution < 1.29 is 4.79 Å². The summed E-state index contributed by atoms with van der Waals surface area (Å²) < 4.78 is 0. The highest BCUT2D eigenvalue weighted by molar-refractivity contribution is 7.12. The van der Waals surface area contributed by atoms with Crippen LogP contribution in [0.1, 0.15) is 41.4 Å². The Bertz CT molecular complexity index is 526. The molecule has 2 heterocycles. The molecule has 0 saturated carbocycles. The number of hydrogen-bond acceptors (Lipinski definition) is 3. The Hall–Kier alpha value is -1.31. The molecule has 1 aliphatic rings. The van der Waals surface area contributed by atoms with Crippen LogP contribution in [0.5, 0.6) is 0 Å². The number of aryl methyl sites for hydroxylation is 1. The molecule has 0 radical (unpaired) electrons. The molecule has 2 rings (SSSR count). The van der Waals surface area contributed by atoms with Crippen LogP contribution in [0.3, 0.4) is 0 Å². The average molecular weight is 304 g/mol. The zero-order valence-corrected chi connectivity index (χ0v) is 13.8.